The van der Waals surface area contributed by atoms with Gasteiger partial charge in [0.2, 0.25) is 0 Å². The number of hydrogen-bond acceptors (Lipinski definition) is 9. The Labute approximate surface area is 112 Å². The third-order valence-corrected chi connectivity index (χ3v) is 0. The normalized spacial score (nSPS) is 7.50. The van der Waals surface area contributed by atoms with Gasteiger partial charge in [-0.3, -0.25) is 12.6 Å². The second-order valence-corrected chi connectivity index (χ2v) is 1.84. The van der Waals surface area contributed by atoms with Crippen molar-refractivity contribution in [1.29, 1.82) is 0 Å². The quantitative estimate of drug-likeness (QED) is 0.278. The van der Waals surface area contributed by atoms with Crippen LogP contribution >= 0.6 is 0 Å². The molecule has 2 radical (unpaired) electrons. The second-order valence-electron chi connectivity index (χ2n) is 0.612. The smallest absolute Gasteiger partial charge is 0.784 e. The van der Waals surface area contributed by atoms with Crippen molar-refractivity contribution in [2.75, 3.05) is 0 Å². The van der Waals surface area contributed by atoms with Gasteiger partial charge in [-0.25, -0.2) is 0 Å². The number of rotatable bonds is 0. The molecule has 0 bridgehead atoms. The molecule has 0 amide bonds. The molecule has 0 saturated heterocycles. The zero-order chi connectivity index (χ0) is 10.7. The van der Waals surface area contributed by atoms with Crippen LogP contribution in [-0.2, 0) is 73.0 Å². The Morgan fingerprint density at radius 2 is 0.500 bits per heavy atom. The van der Waals surface area contributed by atoms with E-state index in [-0.39, 0.29) is 39.0 Å². The molecule has 0 saturated carbocycles. The van der Waals surface area contributed by atoms with E-state index >= 15 is 0 Å². The molecule has 0 aromatic carbocycles. The van der Waals surface area contributed by atoms with Crippen molar-refractivity contribution < 1.29 is 78.9 Å². The summed E-state index contributed by atoms with van der Waals surface area (Å²) in [5.74, 6) is 0. The molecule has 0 fully saturated rings. The molecule has 0 spiro atoms. The zero-order valence-electron chi connectivity index (χ0n) is 5.61. The van der Waals surface area contributed by atoms with Gasteiger partial charge in [0, 0.05) is 0 Å². The molecule has 0 aromatic heterocycles. The summed E-state index contributed by atoms with van der Waals surface area (Å²) in [5, 5.41) is 0. The summed E-state index contributed by atoms with van der Waals surface area (Å²) in [6, 6.07) is 0. The van der Waals surface area contributed by atoms with Crippen LogP contribution in [0.2, 0.25) is 0 Å². The first-order valence-corrected chi connectivity index (χ1v) is 4.50. The summed E-state index contributed by atoms with van der Waals surface area (Å²) >= 11 is -9.33. The summed E-state index contributed by atoms with van der Waals surface area (Å²) in [7, 11) is 0. The first-order valence-electron chi connectivity index (χ1n) is 1.50. The Hall–Kier alpha value is 1.46. The Morgan fingerprint density at radius 3 is 0.500 bits per heavy atom. The minimum Gasteiger partial charge on any atom is -0.784 e. The number of hydrogen-bond donors (Lipinski definition) is 0. The fourth-order valence-electron chi connectivity index (χ4n) is 0. The van der Waals surface area contributed by atoms with Gasteiger partial charge in [0.25, 0.3) is 0 Å². The minimum atomic E-state index is -3.11. The van der Waals surface area contributed by atoms with Gasteiger partial charge >= 0.3 is 39.0 Å². The first kappa shape index (κ1) is 29.5. The van der Waals surface area contributed by atoms with Crippen LogP contribution in [0.25, 0.3) is 0 Å². The van der Waals surface area contributed by atoms with Crippen molar-refractivity contribution in [2.24, 2.45) is 0 Å². The topological polar surface area (TPSA) is 190 Å². The van der Waals surface area contributed by atoms with Crippen LogP contribution in [0.3, 0.4) is 0 Å². The maximum absolute atomic E-state index is 8.44. The van der Waals surface area contributed by atoms with E-state index in [0.29, 0.717) is 0 Å². The molecule has 14 heavy (non-hydrogen) atoms. The van der Waals surface area contributed by atoms with Gasteiger partial charge in [0.1, 0.15) is 0 Å². The van der Waals surface area contributed by atoms with E-state index in [2.05, 4.69) is 0 Å². The second kappa shape index (κ2) is 23.9. The van der Waals surface area contributed by atoms with E-state index in [1.807, 2.05) is 0 Å². The largest absolute Gasteiger partial charge is 3.00 e. The van der Waals surface area contributed by atoms with Crippen LogP contribution in [0.15, 0.2) is 0 Å². The maximum atomic E-state index is 8.44. The molecule has 9 nitrogen and oxygen atoms in total. The van der Waals surface area contributed by atoms with E-state index in [1.165, 1.54) is 0 Å². The van der Waals surface area contributed by atoms with Crippen LogP contribution in [0.1, 0.15) is 0 Å². The molecular formula is O9Ru2S3. The third kappa shape index (κ3) is 984. The molecule has 0 aliphatic heterocycles. The zero-order valence-corrected chi connectivity index (χ0v) is 11.5. The molecule has 88 valence electrons. The molecule has 0 aromatic rings. The Balaban J connectivity index is -0.0000000270. The SMILES string of the molecule is O=S([O-])[O-].O=S([O-])[O-].O=S([O-])[O-].[Ru+3].[Ru+3]. The minimum absolute atomic E-state index is 0. The molecular weight excluding hydrogens is 442 g/mol. The average molecular weight is 442 g/mol. The van der Waals surface area contributed by atoms with E-state index in [9.17, 15) is 0 Å². The maximum Gasteiger partial charge on any atom is 3.00 e. The van der Waals surface area contributed by atoms with Crippen LogP contribution in [0, 0.1) is 0 Å². The van der Waals surface area contributed by atoms with Crippen LogP contribution in [-0.4, -0.2) is 39.9 Å². The Morgan fingerprint density at radius 1 is 0.500 bits per heavy atom. The predicted octanol–water partition coefficient (Wildman–Crippen LogP) is -3.02. The van der Waals surface area contributed by atoms with Crippen LogP contribution in [0.4, 0.5) is 0 Å². The van der Waals surface area contributed by atoms with Crippen molar-refractivity contribution in [1.82, 2.24) is 0 Å². The molecule has 0 N–H and O–H groups in total. The molecule has 0 rings (SSSR count). The predicted molar refractivity (Wildman–Crippen MR) is 29.1 cm³/mol. The fourth-order valence-corrected chi connectivity index (χ4v) is 0. The van der Waals surface area contributed by atoms with Crippen molar-refractivity contribution >= 4 is 34.1 Å². The fraction of sp³-hybridized carbons (Fsp3) is 0. The summed E-state index contributed by atoms with van der Waals surface area (Å²) in [4.78, 5) is 0. The summed E-state index contributed by atoms with van der Waals surface area (Å²) < 4.78 is 76.0. The molecule has 0 aliphatic rings. The van der Waals surface area contributed by atoms with Gasteiger partial charge in [-0.2, -0.15) is 0 Å². The van der Waals surface area contributed by atoms with E-state index in [4.69, 9.17) is 39.9 Å². The first-order chi connectivity index (χ1) is 5.20. The monoisotopic (exact) mass is 444 g/mol. The van der Waals surface area contributed by atoms with Crippen molar-refractivity contribution in [3.63, 3.8) is 0 Å². The van der Waals surface area contributed by atoms with Crippen molar-refractivity contribution in [3.8, 4) is 0 Å². The third-order valence-electron chi connectivity index (χ3n) is 0. The Kier molecular flexibility index (Phi) is 50.5. The van der Waals surface area contributed by atoms with Crippen molar-refractivity contribution in [3.05, 3.63) is 0 Å². The van der Waals surface area contributed by atoms with Gasteiger partial charge < -0.3 is 27.3 Å². The van der Waals surface area contributed by atoms with Gasteiger partial charge in [-0.15, -0.1) is 34.1 Å². The Bertz CT molecular complexity index is 116. The van der Waals surface area contributed by atoms with Gasteiger partial charge in [0.15, 0.2) is 0 Å². The van der Waals surface area contributed by atoms with Crippen molar-refractivity contribution in [2.45, 2.75) is 0 Å². The summed E-state index contributed by atoms with van der Waals surface area (Å²) in [6.07, 6.45) is 0. The van der Waals surface area contributed by atoms with Gasteiger partial charge in [0.05, 0.1) is 0 Å². The average Bonchev–Trinajstić information content (AvgIpc) is 1.54. The standard InChI is InChI=1S/3H2O3S.2Ru/c3*1-4(2)3;;/h3*(H2,1,2,3);;/q;;;2*+3/p-6. The van der Waals surface area contributed by atoms with E-state index in [0.717, 1.165) is 0 Å². The van der Waals surface area contributed by atoms with E-state index in [1.54, 1.807) is 0 Å². The molecule has 0 unspecified atom stereocenters. The van der Waals surface area contributed by atoms with Gasteiger partial charge in [-0.05, 0) is 0 Å². The van der Waals surface area contributed by atoms with Crippen LogP contribution in [0.5, 0.6) is 0 Å². The molecule has 0 aliphatic carbocycles. The van der Waals surface area contributed by atoms with Crippen LogP contribution < -0.4 is 0 Å². The van der Waals surface area contributed by atoms with Gasteiger partial charge in [-0.1, -0.05) is 0 Å². The molecule has 0 heterocycles. The summed E-state index contributed by atoms with van der Waals surface area (Å²) in [5.41, 5.74) is 0. The summed E-state index contributed by atoms with van der Waals surface area (Å²) in [6.45, 7) is 0. The molecule has 0 atom stereocenters. The molecule has 14 heteroatoms. The van der Waals surface area contributed by atoms with E-state index < -0.39 is 34.1 Å².